The maximum Gasteiger partial charge on any atom is 0.269 e. The van der Waals surface area contributed by atoms with Crippen LogP contribution in [-0.4, -0.2) is 52.4 Å². The first-order valence-corrected chi connectivity index (χ1v) is 11.6. The van der Waals surface area contributed by atoms with Crippen molar-refractivity contribution in [3.8, 4) is 18.6 Å². The number of anilines is 1. The Hall–Kier alpha value is -2.38. The van der Waals surface area contributed by atoms with Crippen molar-refractivity contribution in [3.05, 3.63) is 22.2 Å². The van der Waals surface area contributed by atoms with Crippen molar-refractivity contribution in [1.29, 1.82) is 0 Å². The third kappa shape index (κ3) is 10.5. The second-order valence-electron chi connectivity index (χ2n) is 6.52. The highest BCUT2D eigenvalue weighted by molar-refractivity contribution is 9.10. The number of terminal acetylenes is 1. The van der Waals surface area contributed by atoms with Gasteiger partial charge in [0.15, 0.2) is 17.4 Å². The van der Waals surface area contributed by atoms with Crippen LogP contribution in [0.2, 0.25) is 0 Å². The van der Waals surface area contributed by atoms with Crippen LogP contribution < -0.4 is 10.6 Å². The lowest BCUT2D eigenvalue weighted by Crippen LogP contribution is -2.33. The van der Waals surface area contributed by atoms with Crippen molar-refractivity contribution in [2.75, 3.05) is 26.0 Å². The Morgan fingerprint density at radius 1 is 1.19 bits per heavy atom. The maximum atomic E-state index is 12.2. The van der Waals surface area contributed by atoms with Crippen LogP contribution in [0.25, 0.3) is 0 Å². The van der Waals surface area contributed by atoms with Gasteiger partial charge in [0.2, 0.25) is 0 Å². The fraction of sp³-hybridized carbons (Fsp3) is 0.476. The summed E-state index contributed by atoms with van der Waals surface area (Å²) in [4.78, 5) is 13.5. The molecule has 0 radical (unpaired) electrons. The van der Waals surface area contributed by atoms with Gasteiger partial charge in [-0.05, 0) is 40.9 Å². The molecule has 1 aromatic carbocycles. The summed E-state index contributed by atoms with van der Waals surface area (Å²) >= 11 is 1.55. The van der Waals surface area contributed by atoms with Crippen molar-refractivity contribution in [2.45, 2.75) is 41.5 Å². The second kappa shape index (κ2) is 16.3. The predicted molar refractivity (Wildman–Crippen MR) is 136 cm³/mol. The molecule has 3 N–H and O–H groups in total. The first-order valence-electron chi connectivity index (χ1n) is 9.75. The van der Waals surface area contributed by atoms with Gasteiger partial charge in [-0.2, -0.15) is 0 Å². The average molecular weight is 517 g/mol. The fourth-order valence-electron chi connectivity index (χ4n) is 1.85. The number of hydrogen-bond donors (Lipinski definition) is 3. The van der Waals surface area contributed by atoms with Crippen LogP contribution in [0.4, 0.5) is 5.69 Å². The van der Waals surface area contributed by atoms with E-state index in [2.05, 4.69) is 69.0 Å². The molecule has 0 saturated carbocycles. The molecule has 1 aliphatic rings. The number of rotatable bonds is 3. The van der Waals surface area contributed by atoms with Gasteiger partial charge in [0.25, 0.3) is 17.1 Å². The Kier molecular flexibility index (Phi) is 16.2. The minimum absolute atomic E-state index is 0.127. The van der Waals surface area contributed by atoms with E-state index < -0.39 is 11.2 Å². The lowest BCUT2D eigenvalue weighted by molar-refractivity contribution is 0.0824. The zero-order valence-corrected chi connectivity index (χ0v) is 21.9. The SMILES string of the molecule is C#C.CC.CC(C)C.CCNC1=NS(=O)N=C1Nc1ccc(Br)c(C(=O)N(C)C)c1O. The fourth-order valence-corrected chi connectivity index (χ4v) is 2.98. The highest BCUT2D eigenvalue weighted by Gasteiger charge is 2.23. The molecular formula is C21H34BrN5O3S. The number of likely N-dealkylation sites (N-methyl/N-ethyl adjacent to an activating group) is 1. The third-order valence-corrected chi connectivity index (χ3v) is 4.25. The molecule has 1 aromatic rings. The van der Waals surface area contributed by atoms with E-state index in [1.165, 1.54) is 4.90 Å². The Bertz CT molecular complexity index is 818. The molecule has 0 aliphatic carbocycles. The molecule has 2 rings (SSSR count). The summed E-state index contributed by atoms with van der Waals surface area (Å²) in [5.41, 5.74) is 0.392. The Morgan fingerprint density at radius 2 is 1.68 bits per heavy atom. The molecule has 1 aliphatic heterocycles. The number of carbonyl (C=O) groups is 1. The van der Waals surface area contributed by atoms with Crippen LogP contribution in [0.15, 0.2) is 25.4 Å². The molecule has 8 nitrogen and oxygen atoms in total. The summed E-state index contributed by atoms with van der Waals surface area (Å²) in [5.74, 6) is 0.838. The number of nitrogens with zero attached hydrogens (tertiary/aromatic N) is 3. The molecule has 0 aromatic heterocycles. The number of phenolic OH excluding ortho intramolecular Hbond substituents is 1. The number of carbonyl (C=O) groups excluding carboxylic acids is 1. The minimum atomic E-state index is -1.71. The van der Waals surface area contributed by atoms with E-state index in [4.69, 9.17) is 0 Å². The van der Waals surface area contributed by atoms with Gasteiger partial charge in [-0.25, -0.2) is 4.21 Å². The van der Waals surface area contributed by atoms with Gasteiger partial charge in [0.05, 0.1) is 11.3 Å². The number of halogens is 1. The summed E-state index contributed by atoms with van der Waals surface area (Å²) in [7, 11) is 3.18. The summed E-state index contributed by atoms with van der Waals surface area (Å²) in [6.45, 7) is 12.9. The van der Waals surface area contributed by atoms with Gasteiger partial charge in [0.1, 0.15) is 0 Å². The van der Waals surface area contributed by atoms with Crippen molar-refractivity contribution in [2.24, 2.45) is 14.7 Å². The monoisotopic (exact) mass is 515 g/mol. The van der Waals surface area contributed by atoms with Crippen molar-refractivity contribution in [1.82, 2.24) is 10.2 Å². The molecule has 0 bridgehead atoms. The first-order chi connectivity index (χ1) is 14.6. The van der Waals surface area contributed by atoms with Gasteiger partial charge in [-0.1, -0.05) is 34.6 Å². The van der Waals surface area contributed by atoms with E-state index in [9.17, 15) is 14.1 Å². The molecule has 1 amide bonds. The summed E-state index contributed by atoms with van der Waals surface area (Å²) in [6.07, 6.45) is 8.00. The number of phenols is 1. The van der Waals surface area contributed by atoms with Crippen LogP contribution in [0.1, 0.15) is 51.9 Å². The van der Waals surface area contributed by atoms with Crippen LogP contribution in [-0.2, 0) is 11.2 Å². The number of benzene rings is 1. The van der Waals surface area contributed by atoms with E-state index in [1.54, 1.807) is 26.2 Å². The first kappa shape index (κ1) is 30.8. The molecule has 0 fully saturated rings. The van der Waals surface area contributed by atoms with Gasteiger partial charge in [0, 0.05) is 25.1 Å². The van der Waals surface area contributed by atoms with Gasteiger partial charge in [-0.15, -0.1) is 21.6 Å². The minimum Gasteiger partial charge on any atom is -0.505 e. The lowest BCUT2D eigenvalue weighted by atomic mass is 10.1. The molecule has 0 saturated heterocycles. The van der Waals surface area contributed by atoms with E-state index in [1.807, 2.05) is 20.8 Å². The summed E-state index contributed by atoms with van der Waals surface area (Å²) < 4.78 is 19.6. The summed E-state index contributed by atoms with van der Waals surface area (Å²) in [5, 5.41) is 16.2. The quantitative estimate of drug-likeness (QED) is 0.412. The number of nitrogens with one attached hydrogen (secondary N) is 2. The van der Waals surface area contributed by atoms with E-state index in [-0.39, 0.29) is 28.7 Å². The maximum absolute atomic E-state index is 12.2. The highest BCUT2D eigenvalue weighted by Crippen LogP contribution is 2.34. The number of amides is 1. The van der Waals surface area contributed by atoms with Crippen LogP contribution in [0.3, 0.4) is 0 Å². The van der Waals surface area contributed by atoms with Crippen molar-refractivity contribution in [3.63, 3.8) is 0 Å². The molecule has 1 heterocycles. The second-order valence-corrected chi connectivity index (χ2v) is 8.20. The van der Waals surface area contributed by atoms with Crippen molar-refractivity contribution >= 4 is 50.4 Å². The number of aromatic hydroxyl groups is 1. The zero-order chi connectivity index (χ0) is 24.7. The lowest BCUT2D eigenvalue weighted by Gasteiger charge is -2.16. The van der Waals surface area contributed by atoms with Gasteiger partial charge >= 0.3 is 0 Å². The molecule has 1 atom stereocenters. The smallest absolute Gasteiger partial charge is 0.269 e. The normalized spacial score (nSPS) is 13.7. The number of hydrogen-bond acceptors (Lipinski definition) is 5. The molecule has 10 heteroatoms. The van der Waals surface area contributed by atoms with E-state index >= 15 is 0 Å². The highest BCUT2D eigenvalue weighted by atomic mass is 79.9. The molecule has 174 valence electrons. The standard InChI is InChI=1S/C13H16BrN5O3S.C4H10.C2H6.C2H2/c1-4-15-11-12(18-23(22)17-11)16-8-6-5-7(14)9(10(8)20)13(21)19(2)3;1-4(2)3;2*1-2/h5-6,20H,4H2,1-3H3,(H,15,17)(H,16,18);4H,1-3H3;1-2H3;1-2H. The average Bonchev–Trinajstić information content (AvgIpc) is 3.06. The van der Waals surface area contributed by atoms with E-state index in [0.29, 0.717) is 16.9 Å². The molecule has 1 unspecified atom stereocenters. The Morgan fingerprint density at radius 3 is 2.13 bits per heavy atom. The molecule has 0 spiro atoms. The van der Waals surface area contributed by atoms with Gasteiger partial charge < -0.3 is 20.6 Å². The molecule has 31 heavy (non-hydrogen) atoms. The molecular weight excluding hydrogens is 482 g/mol. The predicted octanol–water partition coefficient (Wildman–Crippen LogP) is 4.21. The zero-order valence-electron chi connectivity index (χ0n) is 19.5. The van der Waals surface area contributed by atoms with Crippen LogP contribution >= 0.6 is 15.9 Å². The largest absolute Gasteiger partial charge is 0.505 e. The van der Waals surface area contributed by atoms with Crippen LogP contribution in [0, 0.1) is 18.8 Å². The third-order valence-electron chi connectivity index (χ3n) is 2.91. The van der Waals surface area contributed by atoms with Crippen LogP contribution in [0.5, 0.6) is 5.75 Å². The Balaban J connectivity index is 0. The topological polar surface area (TPSA) is 106 Å². The number of amidine groups is 2. The Labute approximate surface area is 197 Å². The summed E-state index contributed by atoms with van der Waals surface area (Å²) in [6, 6.07) is 3.22. The van der Waals surface area contributed by atoms with Gasteiger partial charge in [-0.3, -0.25) is 4.79 Å². The van der Waals surface area contributed by atoms with E-state index in [0.717, 1.165) is 5.92 Å². The van der Waals surface area contributed by atoms with Crippen molar-refractivity contribution < 1.29 is 14.1 Å².